The van der Waals surface area contributed by atoms with Gasteiger partial charge >= 0.3 is 0 Å². The Labute approximate surface area is 104 Å². The maximum Gasteiger partial charge on any atom is 0.193 e. The molecule has 2 heterocycles. The topological polar surface area (TPSA) is 77.6 Å². The fraction of sp³-hybridized carbons (Fsp3) is 0.273. The molecule has 2 aromatic rings. The fourth-order valence-corrected chi connectivity index (χ4v) is 2.39. The molecular formula is C11H13N5S. The molecule has 2 N–H and O–H groups in total. The Morgan fingerprint density at radius 1 is 1.12 bits per heavy atom. The van der Waals surface area contributed by atoms with E-state index in [1.165, 1.54) is 18.1 Å². The Morgan fingerprint density at radius 2 is 1.82 bits per heavy atom. The molecule has 0 aliphatic rings. The van der Waals surface area contributed by atoms with Crippen LogP contribution >= 0.6 is 11.8 Å². The summed E-state index contributed by atoms with van der Waals surface area (Å²) in [4.78, 5) is 16.6. The Balaban J connectivity index is 2.36. The lowest BCUT2D eigenvalue weighted by molar-refractivity contribution is 0.806. The molecule has 0 fully saturated rings. The summed E-state index contributed by atoms with van der Waals surface area (Å²) in [5.74, 6) is 0.788. The Bertz CT molecular complexity index is 500. The van der Waals surface area contributed by atoms with Crippen LogP contribution in [0.5, 0.6) is 0 Å². The molecule has 0 unspecified atom stereocenters. The summed E-state index contributed by atoms with van der Waals surface area (Å²) in [5, 5.41) is 1.48. The molecule has 0 saturated heterocycles. The molecule has 5 nitrogen and oxygen atoms in total. The van der Waals surface area contributed by atoms with Gasteiger partial charge in [0.2, 0.25) is 0 Å². The number of hydrogen-bond acceptors (Lipinski definition) is 6. The van der Waals surface area contributed by atoms with Crippen LogP contribution in [-0.4, -0.2) is 19.9 Å². The molecule has 0 saturated carbocycles. The van der Waals surface area contributed by atoms with Crippen LogP contribution in [0.25, 0.3) is 0 Å². The van der Waals surface area contributed by atoms with Crippen molar-refractivity contribution >= 4 is 17.6 Å². The van der Waals surface area contributed by atoms with E-state index in [1.54, 1.807) is 18.5 Å². The number of nitrogens with two attached hydrogens (primary N) is 1. The number of anilines is 1. The molecule has 0 bridgehead atoms. The van der Waals surface area contributed by atoms with Crippen LogP contribution < -0.4 is 5.73 Å². The molecule has 0 aromatic carbocycles. The zero-order chi connectivity index (χ0) is 12.3. The average Bonchev–Trinajstić information content (AvgIpc) is 2.30. The largest absolute Gasteiger partial charge is 0.383 e. The minimum Gasteiger partial charge on any atom is -0.383 e. The highest BCUT2D eigenvalue weighted by atomic mass is 32.2. The zero-order valence-corrected chi connectivity index (χ0v) is 10.5. The van der Waals surface area contributed by atoms with Gasteiger partial charge in [-0.1, -0.05) is 13.8 Å². The second-order valence-corrected chi connectivity index (χ2v) is 4.72. The van der Waals surface area contributed by atoms with Crippen molar-refractivity contribution in [1.29, 1.82) is 0 Å². The van der Waals surface area contributed by atoms with Crippen LogP contribution in [-0.2, 0) is 0 Å². The minimum absolute atomic E-state index is 0.266. The van der Waals surface area contributed by atoms with Crippen molar-refractivity contribution in [3.63, 3.8) is 0 Å². The molecule has 88 valence electrons. The van der Waals surface area contributed by atoms with E-state index in [4.69, 9.17) is 5.73 Å². The summed E-state index contributed by atoms with van der Waals surface area (Å²) in [7, 11) is 0. The van der Waals surface area contributed by atoms with Gasteiger partial charge in [-0.3, -0.25) is 0 Å². The monoisotopic (exact) mass is 247 g/mol. The van der Waals surface area contributed by atoms with Crippen molar-refractivity contribution in [1.82, 2.24) is 19.9 Å². The molecule has 0 spiro atoms. The molecule has 0 radical (unpaired) electrons. The molecule has 17 heavy (non-hydrogen) atoms. The second kappa shape index (κ2) is 5.09. The van der Waals surface area contributed by atoms with Crippen molar-refractivity contribution in [2.24, 2.45) is 0 Å². The van der Waals surface area contributed by atoms with Crippen LogP contribution in [0, 0.1) is 0 Å². The van der Waals surface area contributed by atoms with Gasteiger partial charge in [0.15, 0.2) is 5.16 Å². The van der Waals surface area contributed by atoms with E-state index >= 15 is 0 Å². The summed E-state index contributed by atoms with van der Waals surface area (Å²) >= 11 is 1.40. The predicted octanol–water partition coefficient (Wildman–Crippen LogP) is 2.12. The van der Waals surface area contributed by atoms with Gasteiger partial charge in [0.05, 0.1) is 0 Å². The average molecular weight is 247 g/mol. The van der Waals surface area contributed by atoms with Gasteiger partial charge in [-0.25, -0.2) is 19.9 Å². The Kier molecular flexibility index (Phi) is 3.53. The fourth-order valence-electron chi connectivity index (χ4n) is 1.44. The lowest BCUT2D eigenvalue weighted by atomic mass is 10.1. The van der Waals surface area contributed by atoms with Crippen molar-refractivity contribution in [2.75, 3.05) is 5.73 Å². The van der Waals surface area contributed by atoms with Gasteiger partial charge in [-0.15, -0.1) is 0 Å². The van der Waals surface area contributed by atoms with E-state index in [2.05, 4.69) is 33.8 Å². The first-order chi connectivity index (χ1) is 8.18. The molecule has 0 aliphatic heterocycles. The van der Waals surface area contributed by atoms with E-state index in [1.807, 2.05) is 0 Å². The minimum atomic E-state index is 0.266. The van der Waals surface area contributed by atoms with Crippen molar-refractivity contribution in [2.45, 2.75) is 29.9 Å². The summed E-state index contributed by atoms with van der Waals surface area (Å²) in [6.45, 7) is 4.12. The highest BCUT2D eigenvalue weighted by Gasteiger charge is 2.14. The van der Waals surface area contributed by atoms with Crippen LogP contribution in [0.1, 0.15) is 25.3 Å². The van der Waals surface area contributed by atoms with Gasteiger partial charge in [-0.05, 0) is 23.7 Å². The van der Waals surface area contributed by atoms with Gasteiger partial charge in [0, 0.05) is 18.0 Å². The maximum absolute atomic E-state index is 5.87. The third-order valence-corrected chi connectivity index (χ3v) is 3.10. The molecular weight excluding hydrogens is 234 g/mol. The number of hydrogen-bond donors (Lipinski definition) is 1. The van der Waals surface area contributed by atoms with Gasteiger partial charge in [0.1, 0.15) is 17.2 Å². The molecule has 0 atom stereocenters. The predicted molar refractivity (Wildman–Crippen MR) is 66.7 cm³/mol. The first kappa shape index (κ1) is 11.8. The smallest absolute Gasteiger partial charge is 0.193 e. The Morgan fingerprint density at radius 3 is 2.47 bits per heavy atom. The first-order valence-corrected chi connectivity index (χ1v) is 6.05. The van der Waals surface area contributed by atoms with Crippen LogP contribution in [0.3, 0.4) is 0 Å². The van der Waals surface area contributed by atoms with Crippen LogP contribution in [0.4, 0.5) is 5.82 Å². The van der Waals surface area contributed by atoms with E-state index < -0.39 is 0 Å². The summed E-state index contributed by atoms with van der Waals surface area (Å²) in [5.41, 5.74) is 6.82. The molecule has 2 aromatic heterocycles. The van der Waals surface area contributed by atoms with E-state index in [-0.39, 0.29) is 5.92 Å². The number of aromatic nitrogens is 4. The van der Waals surface area contributed by atoms with Gasteiger partial charge in [-0.2, -0.15) is 0 Å². The van der Waals surface area contributed by atoms with Crippen LogP contribution in [0.2, 0.25) is 0 Å². The third kappa shape index (κ3) is 2.71. The molecule has 0 amide bonds. The van der Waals surface area contributed by atoms with Crippen LogP contribution in [0.15, 0.2) is 35.0 Å². The number of rotatable bonds is 3. The molecule has 2 rings (SSSR count). The summed E-state index contributed by atoms with van der Waals surface area (Å²) in [6, 6.07) is 1.78. The highest BCUT2D eigenvalue weighted by Crippen LogP contribution is 2.32. The number of nitrogens with zero attached hydrogens (tertiary/aromatic N) is 4. The quantitative estimate of drug-likeness (QED) is 0.661. The van der Waals surface area contributed by atoms with E-state index in [0.717, 1.165) is 10.6 Å². The third-order valence-electron chi connectivity index (χ3n) is 2.19. The summed E-state index contributed by atoms with van der Waals surface area (Å²) in [6.07, 6.45) is 4.87. The van der Waals surface area contributed by atoms with Gasteiger partial charge in [0.25, 0.3) is 0 Å². The van der Waals surface area contributed by atoms with Crippen molar-refractivity contribution in [3.8, 4) is 0 Å². The summed E-state index contributed by atoms with van der Waals surface area (Å²) < 4.78 is 0. The standard InChI is InChI=1S/C11H13N5S/c1-7(2)8-9(12)15-6-16-10(8)17-11-13-4-3-5-14-11/h3-7H,1-2H3,(H2,12,15,16). The highest BCUT2D eigenvalue weighted by molar-refractivity contribution is 7.99. The molecule has 0 aliphatic carbocycles. The SMILES string of the molecule is CC(C)c1c(N)ncnc1Sc1ncccn1. The number of nitrogen functional groups attached to an aromatic ring is 1. The van der Waals surface area contributed by atoms with E-state index in [0.29, 0.717) is 11.0 Å². The normalized spacial score (nSPS) is 10.8. The van der Waals surface area contributed by atoms with Crippen molar-refractivity contribution < 1.29 is 0 Å². The van der Waals surface area contributed by atoms with E-state index in [9.17, 15) is 0 Å². The van der Waals surface area contributed by atoms with Crippen molar-refractivity contribution in [3.05, 3.63) is 30.4 Å². The lowest BCUT2D eigenvalue weighted by Crippen LogP contribution is -2.03. The lowest BCUT2D eigenvalue weighted by Gasteiger charge is -2.11. The maximum atomic E-state index is 5.87. The molecule has 6 heteroatoms. The first-order valence-electron chi connectivity index (χ1n) is 5.23. The van der Waals surface area contributed by atoms with Gasteiger partial charge < -0.3 is 5.73 Å². The second-order valence-electron chi connectivity index (χ2n) is 3.77. The Hall–Kier alpha value is -1.69. The zero-order valence-electron chi connectivity index (χ0n) is 9.66.